The molecule has 6 nitrogen and oxygen atoms in total. The van der Waals surface area contributed by atoms with E-state index in [9.17, 15) is 19.8 Å². The minimum atomic E-state index is -0.844. The van der Waals surface area contributed by atoms with E-state index in [-0.39, 0.29) is 18.5 Å². The van der Waals surface area contributed by atoms with Crippen molar-refractivity contribution in [1.82, 2.24) is 5.32 Å². The van der Waals surface area contributed by atoms with E-state index in [1.54, 1.807) is 6.08 Å². The second-order valence-corrected chi connectivity index (χ2v) is 26.3. The number of allylic oxidation sites excluding steroid dienone is 3. The van der Waals surface area contributed by atoms with Gasteiger partial charge >= 0.3 is 5.97 Å². The predicted octanol–water partition coefficient (Wildman–Crippen LogP) is 24.9. The number of hydrogen-bond acceptors (Lipinski definition) is 5. The summed E-state index contributed by atoms with van der Waals surface area (Å²) in [5.41, 5.74) is 0. The Hall–Kier alpha value is -1.66. The van der Waals surface area contributed by atoms with Gasteiger partial charge in [-0.2, -0.15) is 0 Å². The predicted molar refractivity (Wildman–Crippen MR) is 366 cm³/mol. The SMILES string of the molecule is CCCCCCC/C=C\CCCCCCCC(=O)OCCCCCCCCCCCCCCCCCCCCCCCCCCCCCC(=O)NC(CO)C(O)/C=C/CCCCCCCCCCCCCCCCCCCCCCCCC. The van der Waals surface area contributed by atoms with Crippen molar-refractivity contribution < 1.29 is 24.5 Å². The van der Waals surface area contributed by atoms with Crippen LogP contribution in [0.3, 0.4) is 0 Å². The van der Waals surface area contributed by atoms with Crippen molar-refractivity contribution in [1.29, 1.82) is 0 Å². The Labute approximate surface area is 520 Å². The number of nitrogens with one attached hydrogen (secondary N) is 1. The highest BCUT2D eigenvalue weighted by Crippen LogP contribution is 2.20. The lowest BCUT2D eigenvalue weighted by Gasteiger charge is -2.20. The summed E-state index contributed by atoms with van der Waals surface area (Å²) in [5.74, 6) is -0.0500. The zero-order valence-electron chi connectivity index (χ0n) is 56.5. The molecule has 0 aromatic carbocycles. The smallest absolute Gasteiger partial charge is 0.305 e. The van der Waals surface area contributed by atoms with Gasteiger partial charge in [0.1, 0.15) is 0 Å². The lowest BCUT2D eigenvalue weighted by atomic mass is 10.0. The number of carbonyl (C=O) groups is 2. The van der Waals surface area contributed by atoms with Gasteiger partial charge in [0.2, 0.25) is 5.91 Å². The summed E-state index contributed by atoms with van der Waals surface area (Å²) in [7, 11) is 0. The Morgan fingerprint density at radius 1 is 0.325 bits per heavy atom. The second-order valence-electron chi connectivity index (χ2n) is 26.3. The van der Waals surface area contributed by atoms with Gasteiger partial charge < -0.3 is 20.3 Å². The Morgan fingerprint density at radius 3 is 0.855 bits per heavy atom. The fraction of sp³-hybridized carbons (Fsp3) is 0.922. The number of aliphatic hydroxyl groups excluding tert-OH is 2. The van der Waals surface area contributed by atoms with E-state index in [2.05, 4.69) is 31.3 Å². The molecule has 3 N–H and O–H groups in total. The van der Waals surface area contributed by atoms with E-state index in [0.717, 1.165) is 44.9 Å². The van der Waals surface area contributed by atoms with Crippen LogP contribution in [0.4, 0.5) is 0 Å². The summed E-state index contributed by atoms with van der Waals surface area (Å²) in [6.07, 6.45) is 92.8. The van der Waals surface area contributed by atoms with Gasteiger partial charge in [-0.1, -0.05) is 385 Å². The number of amides is 1. The summed E-state index contributed by atoms with van der Waals surface area (Å²) < 4.78 is 5.49. The number of rotatable bonds is 72. The normalized spacial score (nSPS) is 12.6. The Balaban J connectivity index is 3.38. The minimum absolute atomic E-state index is 0.0101. The number of aliphatic hydroxyl groups is 2. The summed E-state index contributed by atoms with van der Waals surface area (Å²) in [6, 6.07) is -0.627. The van der Waals surface area contributed by atoms with Crippen molar-refractivity contribution in [3.63, 3.8) is 0 Å². The molecule has 0 aliphatic carbocycles. The quantitative estimate of drug-likeness (QED) is 0.0320. The van der Waals surface area contributed by atoms with Gasteiger partial charge in [-0.25, -0.2) is 0 Å². The van der Waals surface area contributed by atoms with Crippen LogP contribution in [0.1, 0.15) is 431 Å². The third-order valence-corrected chi connectivity index (χ3v) is 18.0. The molecule has 6 heteroatoms. The Morgan fingerprint density at radius 2 is 0.566 bits per heavy atom. The van der Waals surface area contributed by atoms with Crippen LogP contribution in [0.2, 0.25) is 0 Å². The highest BCUT2D eigenvalue weighted by atomic mass is 16.5. The molecule has 0 bridgehead atoms. The molecular weight excluding hydrogens is 1020 g/mol. The molecule has 0 spiro atoms. The van der Waals surface area contributed by atoms with Crippen LogP contribution in [0.15, 0.2) is 24.3 Å². The topological polar surface area (TPSA) is 95.9 Å². The van der Waals surface area contributed by atoms with E-state index >= 15 is 0 Å². The van der Waals surface area contributed by atoms with Crippen molar-refractivity contribution in [2.24, 2.45) is 0 Å². The zero-order valence-corrected chi connectivity index (χ0v) is 56.5. The molecule has 0 radical (unpaired) electrons. The van der Waals surface area contributed by atoms with Gasteiger partial charge in [0.15, 0.2) is 0 Å². The van der Waals surface area contributed by atoms with Gasteiger partial charge in [-0.15, -0.1) is 0 Å². The average Bonchev–Trinajstić information content (AvgIpc) is 3.49. The van der Waals surface area contributed by atoms with Crippen molar-refractivity contribution >= 4 is 11.9 Å². The van der Waals surface area contributed by atoms with Crippen molar-refractivity contribution in [2.45, 2.75) is 443 Å². The van der Waals surface area contributed by atoms with Crippen molar-refractivity contribution in [3.8, 4) is 0 Å². The van der Waals surface area contributed by atoms with Crippen molar-refractivity contribution in [3.05, 3.63) is 24.3 Å². The lowest BCUT2D eigenvalue weighted by Crippen LogP contribution is -2.45. The summed E-state index contributed by atoms with van der Waals surface area (Å²) >= 11 is 0. The molecule has 0 aromatic heterocycles. The van der Waals surface area contributed by atoms with Crippen LogP contribution < -0.4 is 5.32 Å². The molecule has 0 aromatic rings. The van der Waals surface area contributed by atoms with E-state index in [1.807, 2.05) is 6.08 Å². The first-order chi connectivity index (χ1) is 41.0. The van der Waals surface area contributed by atoms with Crippen LogP contribution in [-0.2, 0) is 14.3 Å². The molecular formula is C77H149NO5. The maximum absolute atomic E-state index is 12.6. The molecule has 2 unspecified atom stereocenters. The maximum Gasteiger partial charge on any atom is 0.305 e. The monoisotopic (exact) mass is 1170 g/mol. The molecule has 492 valence electrons. The highest BCUT2D eigenvalue weighted by Gasteiger charge is 2.18. The third kappa shape index (κ3) is 69.3. The number of hydrogen-bond donors (Lipinski definition) is 3. The van der Waals surface area contributed by atoms with E-state index < -0.39 is 12.1 Å². The Kier molecular flexibility index (Phi) is 71.4. The van der Waals surface area contributed by atoms with E-state index in [0.29, 0.717) is 19.4 Å². The van der Waals surface area contributed by atoms with Gasteiger partial charge in [0.05, 0.1) is 25.4 Å². The molecule has 0 saturated carbocycles. The van der Waals surface area contributed by atoms with Crippen LogP contribution >= 0.6 is 0 Å². The molecule has 0 aliphatic heterocycles. The van der Waals surface area contributed by atoms with Crippen LogP contribution in [-0.4, -0.2) is 47.4 Å². The molecule has 83 heavy (non-hydrogen) atoms. The fourth-order valence-electron chi connectivity index (χ4n) is 12.2. The first-order valence-corrected chi connectivity index (χ1v) is 38.1. The van der Waals surface area contributed by atoms with Crippen LogP contribution in [0.25, 0.3) is 0 Å². The second kappa shape index (κ2) is 72.8. The van der Waals surface area contributed by atoms with Crippen LogP contribution in [0.5, 0.6) is 0 Å². The first kappa shape index (κ1) is 81.3. The molecule has 0 saturated heterocycles. The number of ether oxygens (including phenoxy) is 1. The zero-order chi connectivity index (χ0) is 59.9. The van der Waals surface area contributed by atoms with Crippen LogP contribution in [0, 0.1) is 0 Å². The molecule has 1 amide bonds. The summed E-state index contributed by atoms with van der Waals surface area (Å²) in [6.45, 7) is 4.94. The highest BCUT2D eigenvalue weighted by molar-refractivity contribution is 5.76. The number of carbonyl (C=O) groups excluding carboxylic acids is 2. The number of unbranched alkanes of at least 4 members (excludes halogenated alkanes) is 59. The first-order valence-electron chi connectivity index (χ1n) is 38.1. The van der Waals surface area contributed by atoms with Crippen molar-refractivity contribution in [2.75, 3.05) is 13.2 Å². The molecule has 0 heterocycles. The average molecular weight is 1170 g/mol. The third-order valence-electron chi connectivity index (χ3n) is 18.0. The fourth-order valence-corrected chi connectivity index (χ4v) is 12.2. The summed E-state index contributed by atoms with van der Waals surface area (Å²) in [5, 5.41) is 23.3. The maximum atomic E-state index is 12.6. The largest absolute Gasteiger partial charge is 0.466 e. The van der Waals surface area contributed by atoms with Gasteiger partial charge in [0.25, 0.3) is 0 Å². The molecule has 0 rings (SSSR count). The van der Waals surface area contributed by atoms with Gasteiger partial charge in [0, 0.05) is 12.8 Å². The van der Waals surface area contributed by atoms with Gasteiger partial charge in [-0.3, -0.25) is 9.59 Å². The van der Waals surface area contributed by atoms with E-state index in [1.165, 1.54) is 360 Å². The van der Waals surface area contributed by atoms with E-state index in [4.69, 9.17) is 4.74 Å². The summed E-state index contributed by atoms with van der Waals surface area (Å²) in [4.78, 5) is 24.6. The van der Waals surface area contributed by atoms with Gasteiger partial charge in [-0.05, 0) is 57.8 Å². The standard InChI is InChI=1S/C77H149NO5/c1-3-5-7-9-11-13-15-17-19-20-21-22-23-27-30-33-36-39-42-45-49-53-57-61-65-69-75(80)74(73-79)78-76(81)70-66-62-58-54-50-46-43-40-37-34-31-28-25-24-26-29-32-35-38-41-44-48-52-56-60-64-68-72-83-77(82)71-67-63-59-55-51-47-18-16-14-12-10-8-6-4-2/h16,18,65,69,74-75,79-80H,3-15,17,19-64,66-68,70-73H2,1-2H3,(H,78,81)/b18-16-,69-65+. The lowest BCUT2D eigenvalue weighted by molar-refractivity contribution is -0.143. The molecule has 0 fully saturated rings. The Bertz CT molecular complexity index is 1300. The molecule has 2 atom stereocenters. The minimum Gasteiger partial charge on any atom is -0.466 e. The molecule has 0 aliphatic rings. The number of esters is 1.